The summed E-state index contributed by atoms with van der Waals surface area (Å²) in [6.45, 7) is 3.38. The summed E-state index contributed by atoms with van der Waals surface area (Å²) in [6.07, 6.45) is 4.92. The van der Waals surface area contributed by atoms with Gasteiger partial charge in [0.1, 0.15) is 11.7 Å². The fourth-order valence-corrected chi connectivity index (χ4v) is 3.36. The number of nitrogen functional groups attached to an aromatic ring is 1. The zero-order chi connectivity index (χ0) is 22.5. The van der Waals surface area contributed by atoms with Crippen LogP contribution in [0.4, 0.5) is 4.39 Å². The fourth-order valence-electron chi connectivity index (χ4n) is 3.36. The zero-order valence-electron chi connectivity index (χ0n) is 17.7. The average Bonchev–Trinajstić information content (AvgIpc) is 3.24. The van der Waals surface area contributed by atoms with Crippen molar-refractivity contribution in [1.29, 1.82) is 5.41 Å². The molecule has 4 N–H and O–H groups in total. The average molecular weight is 420 g/mol. The summed E-state index contributed by atoms with van der Waals surface area (Å²) in [4.78, 5) is 25.0. The molecule has 0 heterocycles. The van der Waals surface area contributed by atoms with Crippen molar-refractivity contribution in [2.45, 2.75) is 39.2 Å². The number of hydrogen-bond acceptors (Lipinski definition) is 3. The van der Waals surface area contributed by atoms with Crippen LogP contribution in [0.25, 0.3) is 5.57 Å². The molecule has 0 radical (unpaired) electrons. The quantitative estimate of drug-likeness (QED) is 0.448. The first-order valence-electron chi connectivity index (χ1n) is 10.2. The Bertz CT molecular complexity index is 1080. The third-order valence-electron chi connectivity index (χ3n) is 5.42. The first-order valence-corrected chi connectivity index (χ1v) is 10.2. The number of allylic oxidation sites excluding steroid dienone is 3. The summed E-state index contributed by atoms with van der Waals surface area (Å²) in [5, 5.41) is 10.2. The first kappa shape index (κ1) is 22.2. The van der Waals surface area contributed by atoms with Gasteiger partial charge < -0.3 is 11.1 Å². The maximum absolute atomic E-state index is 13.8. The molecule has 0 aromatic heterocycles. The summed E-state index contributed by atoms with van der Waals surface area (Å²) < 4.78 is 13.8. The fraction of sp³-hybridized carbons (Fsp3) is 0.240. The van der Waals surface area contributed by atoms with Gasteiger partial charge in [-0.3, -0.25) is 15.0 Å². The van der Waals surface area contributed by atoms with Crippen molar-refractivity contribution in [1.82, 2.24) is 5.32 Å². The minimum Gasteiger partial charge on any atom is -0.384 e. The van der Waals surface area contributed by atoms with Crippen molar-refractivity contribution >= 4 is 23.1 Å². The lowest BCUT2D eigenvalue weighted by Gasteiger charge is -2.13. The molecule has 1 aliphatic rings. The highest BCUT2D eigenvalue weighted by Crippen LogP contribution is 2.27. The highest BCUT2D eigenvalue weighted by atomic mass is 19.1. The number of halogens is 1. The molecule has 0 unspecified atom stereocenters. The Labute approximate surface area is 181 Å². The van der Waals surface area contributed by atoms with E-state index in [0.717, 1.165) is 16.7 Å². The highest BCUT2D eigenvalue weighted by molar-refractivity contribution is 6.01. The molecule has 2 aromatic rings. The molecule has 31 heavy (non-hydrogen) atoms. The molecule has 3 rings (SSSR count). The van der Waals surface area contributed by atoms with Crippen molar-refractivity contribution in [2.75, 3.05) is 0 Å². The number of carbonyl (C=O) groups excluding carboxylic acids is 2. The molecule has 0 spiro atoms. The van der Waals surface area contributed by atoms with Crippen LogP contribution in [0.2, 0.25) is 0 Å². The molecule has 2 aromatic carbocycles. The second-order valence-electron chi connectivity index (χ2n) is 7.77. The van der Waals surface area contributed by atoms with E-state index in [2.05, 4.69) is 5.32 Å². The largest absolute Gasteiger partial charge is 0.384 e. The van der Waals surface area contributed by atoms with E-state index in [4.69, 9.17) is 11.1 Å². The van der Waals surface area contributed by atoms with Gasteiger partial charge in [0.05, 0.1) is 6.04 Å². The Balaban J connectivity index is 1.53. The SMILES string of the molecule is Cc1ccc(C2=CCC(C(=O)N[C@@H](C)C(=O)CCc3ccc(C(=N)N)cc3)=C2)cc1F. The molecular formula is C25H26FN3O2. The smallest absolute Gasteiger partial charge is 0.248 e. The molecule has 6 heteroatoms. The van der Waals surface area contributed by atoms with Crippen LogP contribution in [0.5, 0.6) is 0 Å². The van der Waals surface area contributed by atoms with Crippen molar-refractivity contribution in [2.24, 2.45) is 5.73 Å². The summed E-state index contributed by atoms with van der Waals surface area (Å²) in [5.74, 6) is -0.618. The van der Waals surface area contributed by atoms with Crippen LogP contribution in [0, 0.1) is 18.2 Å². The minimum absolute atomic E-state index is 0.00494. The Morgan fingerprint density at radius 1 is 1.19 bits per heavy atom. The van der Waals surface area contributed by atoms with Gasteiger partial charge in [0, 0.05) is 17.6 Å². The van der Waals surface area contributed by atoms with Crippen molar-refractivity contribution < 1.29 is 14.0 Å². The third kappa shape index (κ3) is 5.54. The first-order chi connectivity index (χ1) is 14.7. The summed E-state index contributed by atoms with van der Waals surface area (Å²) >= 11 is 0. The van der Waals surface area contributed by atoms with Crippen molar-refractivity contribution in [3.05, 3.63) is 88.3 Å². The Hall–Kier alpha value is -3.54. The molecule has 160 valence electrons. The number of amides is 1. The second kappa shape index (κ2) is 9.51. The lowest BCUT2D eigenvalue weighted by atomic mass is 10.0. The van der Waals surface area contributed by atoms with E-state index in [9.17, 15) is 14.0 Å². The van der Waals surface area contributed by atoms with Crippen molar-refractivity contribution in [3.63, 3.8) is 0 Å². The monoisotopic (exact) mass is 419 g/mol. The van der Waals surface area contributed by atoms with E-state index in [-0.39, 0.29) is 23.3 Å². The number of aryl methyl sites for hydroxylation is 2. The topological polar surface area (TPSA) is 96.0 Å². The van der Waals surface area contributed by atoms with E-state index < -0.39 is 6.04 Å². The van der Waals surface area contributed by atoms with E-state index >= 15 is 0 Å². The van der Waals surface area contributed by atoms with Crippen LogP contribution < -0.4 is 11.1 Å². The van der Waals surface area contributed by atoms with Crippen LogP contribution in [0.15, 0.2) is 60.2 Å². The van der Waals surface area contributed by atoms with Crippen LogP contribution >= 0.6 is 0 Å². The lowest BCUT2D eigenvalue weighted by molar-refractivity contribution is -0.125. The summed E-state index contributed by atoms with van der Waals surface area (Å²) in [6, 6.07) is 11.6. The molecule has 1 amide bonds. The van der Waals surface area contributed by atoms with E-state index in [0.29, 0.717) is 36.0 Å². The number of hydrogen-bond donors (Lipinski definition) is 3. The predicted molar refractivity (Wildman–Crippen MR) is 120 cm³/mol. The van der Waals surface area contributed by atoms with Crippen LogP contribution in [-0.4, -0.2) is 23.6 Å². The normalized spacial score (nSPS) is 13.9. The van der Waals surface area contributed by atoms with E-state index in [1.807, 2.05) is 24.3 Å². The van der Waals surface area contributed by atoms with Crippen molar-refractivity contribution in [3.8, 4) is 0 Å². The number of rotatable bonds is 8. The molecule has 0 fully saturated rings. The summed E-state index contributed by atoms with van der Waals surface area (Å²) in [5.41, 5.74) is 9.71. The van der Waals surface area contributed by atoms with Gasteiger partial charge in [0.25, 0.3) is 0 Å². The number of ketones is 1. The lowest BCUT2D eigenvalue weighted by Crippen LogP contribution is -2.39. The molecule has 0 aliphatic heterocycles. The minimum atomic E-state index is -0.606. The number of amidine groups is 1. The number of nitrogens with two attached hydrogens (primary N) is 1. The standard InChI is InChI=1S/C25H26FN3O2/c1-15-3-7-20(14-22(15)26)19-10-11-21(13-19)25(31)29-16(2)23(30)12-6-17-4-8-18(9-5-17)24(27)28/h3-5,7-10,13-14,16H,6,11-12H2,1-2H3,(H3,27,28)(H,29,31)/t16-/m0/s1. The number of nitrogens with one attached hydrogen (secondary N) is 2. The number of Topliss-reactive ketones (excluding diaryl/α,β-unsaturated/α-hetero) is 1. The van der Waals surface area contributed by atoms with Crippen LogP contribution in [0.3, 0.4) is 0 Å². The maximum Gasteiger partial charge on any atom is 0.248 e. The van der Waals surface area contributed by atoms with Gasteiger partial charge in [-0.05, 0) is 61.1 Å². The number of benzene rings is 2. The molecular weight excluding hydrogens is 393 g/mol. The molecule has 1 atom stereocenters. The summed E-state index contributed by atoms with van der Waals surface area (Å²) in [7, 11) is 0. The van der Waals surface area contributed by atoms with Gasteiger partial charge in [-0.1, -0.05) is 42.5 Å². The zero-order valence-corrected chi connectivity index (χ0v) is 17.7. The molecule has 0 saturated heterocycles. The van der Waals surface area contributed by atoms with E-state index in [1.54, 1.807) is 38.1 Å². The molecule has 1 aliphatic carbocycles. The van der Waals surface area contributed by atoms with Gasteiger partial charge >= 0.3 is 0 Å². The predicted octanol–water partition coefficient (Wildman–Crippen LogP) is 3.84. The third-order valence-corrected chi connectivity index (χ3v) is 5.42. The Morgan fingerprint density at radius 2 is 1.90 bits per heavy atom. The Kier molecular flexibility index (Phi) is 6.80. The highest BCUT2D eigenvalue weighted by Gasteiger charge is 2.20. The maximum atomic E-state index is 13.8. The van der Waals surface area contributed by atoms with Gasteiger partial charge in [-0.25, -0.2) is 4.39 Å². The van der Waals surface area contributed by atoms with Gasteiger partial charge in [0.2, 0.25) is 5.91 Å². The molecule has 0 saturated carbocycles. The second-order valence-corrected chi connectivity index (χ2v) is 7.77. The molecule has 0 bridgehead atoms. The van der Waals surface area contributed by atoms with Crippen LogP contribution in [0.1, 0.15) is 42.0 Å². The van der Waals surface area contributed by atoms with Gasteiger partial charge in [-0.2, -0.15) is 0 Å². The van der Waals surface area contributed by atoms with Gasteiger partial charge in [0.15, 0.2) is 5.78 Å². The van der Waals surface area contributed by atoms with E-state index in [1.165, 1.54) is 6.07 Å². The number of carbonyl (C=O) groups is 2. The molecule has 5 nitrogen and oxygen atoms in total. The van der Waals surface area contributed by atoms with Crippen LogP contribution in [-0.2, 0) is 16.0 Å². The Morgan fingerprint density at radius 3 is 2.55 bits per heavy atom. The van der Waals surface area contributed by atoms with Gasteiger partial charge in [-0.15, -0.1) is 0 Å².